The van der Waals surface area contributed by atoms with Crippen LogP contribution in [-0.4, -0.2) is 0 Å². The van der Waals surface area contributed by atoms with E-state index >= 15 is 0 Å². The molecule has 0 atom stereocenters. The van der Waals surface area contributed by atoms with Gasteiger partial charge in [0.25, 0.3) is 0 Å². The average molecular weight is 203 g/mol. The Kier molecular flexibility index (Phi) is 2.96. The van der Waals surface area contributed by atoms with E-state index in [9.17, 15) is 0 Å². The van der Waals surface area contributed by atoms with Crippen molar-refractivity contribution in [3.63, 3.8) is 0 Å². The zero-order chi connectivity index (χ0) is 9.80. The van der Waals surface area contributed by atoms with Crippen molar-refractivity contribution in [3.8, 4) is 0 Å². The van der Waals surface area contributed by atoms with Crippen molar-refractivity contribution in [2.45, 2.75) is 13.0 Å². The van der Waals surface area contributed by atoms with Crippen LogP contribution >= 0.6 is 11.3 Å². The van der Waals surface area contributed by atoms with E-state index in [1.807, 2.05) is 0 Å². The summed E-state index contributed by atoms with van der Waals surface area (Å²) in [5, 5.41) is 4.31. The second kappa shape index (κ2) is 4.40. The molecule has 1 aromatic carbocycles. The highest BCUT2D eigenvalue weighted by Gasteiger charge is 1.96. The minimum Gasteiger partial charge on any atom is -0.326 e. The average Bonchev–Trinajstić information content (AvgIpc) is 2.72. The van der Waals surface area contributed by atoms with Crippen molar-refractivity contribution < 1.29 is 0 Å². The van der Waals surface area contributed by atoms with Gasteiger partial charge in [-0.3, -0.25) is 0 Å². The highest BCUT2D eigenvalue weighted by molar-refractivity contribution is 7.07. The Morgan fingerprint density at radius 3 is 2.21 bits per heavy atom. The molecule has 0 saturated heterocycles. The summed E-state index contributed by atoms with van der Waals surface area (Å²) < 4.78 is 0. The summed E-state index contributed by atoms with van der Waals surface area (Å²) in [5.41, 5.74) is 9.46. The van der Waals surface area contributed by atoms with Gasteiger partial charge in [0.1, 0.15) is 0 Å². The molecule has 2 rings (SSSR count). The molecule has 0 spiro atoms. The quantitative estimate of drug-likeness (QED) is 0.815. The smallest absolute Gasteiger partial charge is 0.0178 e. The monoisotopic (exact) mass is 203 g/mol. The second-order valence-electron chi connectivity index (χ2n) is 3.33. The third-order valence-corrected chi connectivity index (χ3v) is 2.98. The van der Waals surface area contributed by atoms with Crippen molar-refractivity contribution in [2.75, 3.05) is 0 Å². The van der Waals surface area contributed by atoms with E-state index in [-0.39, 0.29) is 0 Å². The first-order chi connectivity index (χ1) is 6.88. The third-order valence-electron chi connectivity index (χ3n) is 2.25. The first-order valence-corrected chi connectivity index (χ1v) is 5.62. The molecule has 0 radical (unpaired) electrons. The van der Waals surface area contributed by atoms with Gasteiger partial charge < -0.3 is 5.73 Å². The van der Waals surface area contributed by atoms with Crippen molar-refractivity contribution in [3.05, 3.63) is 57.8 Å². The number of nitrogens with two attached hydrogens (primary N) is 1. The maximum atomic E-state index is 5.54. The molecule has 0 aliphatic carbocycles. The molecule has 2 aromatic rings. The van der Waals surface area contributed by atoms with Gasteiger partial charge in [-0.25, -0.2) is 0 Å². The molecule has 0 bridgehead atoms. The Balaban J connectivity index is 2.10. The van der Waals surface area contributed by atoms with Crippen LogP contribution in [0.4, 0.5) is 0 Å². The van der Waals surface area contributed by atoms with Crippen molar-refractivity contribution in [1.29, 1.82) is 0 Å². The summed E-state index contributed by atoms with van der Waals surface area (Å²) in [6.45, 7) is 0.624. The summed E-state index contributed by atoms with van der Waals surface area (Å²) >= 11 is 1.75. The fourth-order valence-electron chi connectivity index (χ4n) is 1.42. The minimum atomic E-state index is 0.624. The predicted molar refractivity (Wildman–Crippen MR) is 61.5 cm³/mol. The lowest BCUT2D eigenvalue weighted by atomic mass is 10.1. The Morgan fingerprint density at radius 1 is 0.929 bits per heavy atom. The standard InChI is InChI=1S/C12H13NS/c13-8-11-3-1-10(2-4-11)7-12-5-6-14-9-12/h1-6,9H,7-8,13H2. The molecule has 0 amide bonds. The van der Waals surface area contributed by atoms with E-state index in [0.29, 0.717) is 6.54 Å². The zero-order valence-corrected chi connectivity index (χ0v) is 8.76. The minimum absolute atomic E-state index is 0.624. The molecule has 0 aliphatic heterocycles. The Morgan fingerprint density at radius 2 is 1.64 bits per heavy atom. The highest BCUT2D eigenvalue weighted by Crippen LogP contribution is 2.13. The van der Waals surface area contributed by atoms with Crippen molar-refractivity contribution in [2.24, 2.45) is 5.73 Å². The van der Waals surface area contributed by atoms with Crippen LogP contribution in [0.1, 0.15) is 16.7 Å². The van der Waals surface area contributed by atoms with Gasteiger partial charge in [-0.05, 0) is 39.9 Å². The van der Waals surface area contributed by atoms with Gasteiger partial charge in [0, 0.05) is 6.54 Å². The molecule has 0 aliphatic rings. The topological polar surface area (TPSA) is 26.0 Å². The number of hydrogen-bond donors (Lipinski definition) is 1. The number of thiophene rings is 1. The van der Waals surface area contributed by atoms with Crippen LogP contribution in [0.15, 0.2) is 41.1 Å². The number of rotatable bonds is 3. The van der Waals surface area contributed by atoms with E-state index < -0.39 is 0 Å². The van der Waals surface area contributed by atoms with E-state index in [1.54, 1.807) is 11.3 Å². The van der Waals surface area contributed by atoms with Crippen LogP contribution in [-0.2, 0) is 13.0 Å². The number of hydrogen-bond acceptors (Lipinski definition) is 2. The summed E-state index contributed by atoms with van der Waals surface area (Å²) in [4.78, 5) is 0. The van der Waals surface area contributed by atoms with Gasteiger partial charge in [-0.15, -0.1) is 0 Å². The molecule has 0 unspecified atom stereocenters. The summed E-state index contributed by atoms with van der Waals surface area (Å²) in [6, 6.07) is 10.7. The lowest BCUT2D eigenvalue weighted by Gasteiger charge is -2.00. The largest absolute Gasteiger partial charge is 0.326 e. The van der Waals surface area contributed by atoms with Crippen molar-refractivity contribution in [1.82, 2.24) is 0 Å². The van der Waals surface area contributed by atoms with Crippen LogP contribution in [0.2, 0.25) is 0 Å². The molecule has 2 heteroatoms. The number of benzene rings is 1. The molecule has 72 valence electrons. The lowest BCUT2D eigenvalue weighted by molar-refractivity contribution is 1.06. The second-order valence-corrected chi connectivity index (χ2v) is 4.11. The van der Waals surface area contributed by atoms with Crippen LogP contribution in [0.25, 0.3) is 0 Å². The maximum absolute atomic E-state index is 5.54. The fourth-order valence-corrected chi connectivity index (χ4v) is 2.09. The maximum Gasteiger partial charge on any atom is 0.0178 e. The van der Waals surface area contributed by atoms with Crippen molar-refractivity contribution >= 4 is 11.3 Å². The van der Waals surface area contributed by atoms with E-state index in [4.69, 9.17) is 5.73 Å². The Labute approximate surface area is 88.2 Å². The highest BCUT2D eigenvalue weighted by atomic mass is 32.1. The SMILES string of the molecule is NCc1ccc(Cc2ccsc2)cc1. The van der Waals surface area contributed by atoms with Gasteiger partial charge in [0.2, 0.25) is 0 Å². The molecule has 1 nitrogen and oxygen atoms in total. The molecule has 0 fully saturated rings. The molecule has 2 N–H and O–H groups in total. The first kappa shape index (κ1) is 9.44. The fraction of sp³-hybridized carbons (Fsp3) is 0.167. The molecule has 0 saturated carbocycles. The molecule has 1 heterocycles. The van der Waals surface area contributed by atoms with Crippen LogP contribution < -0.4 is 5.73 Å². The molecule has 14 heavy (non-hydrogen) atoms. The predicted octanol–water partition coefficient (Wildman–Crippen LogP) is 2.80. The Hall–Kier alpha value is -1.12. The summed E-state index contributed by atoms with van der Waals surface area (Å²) in [6.07, 6.45) is 1.02. The molecular formula is C12H13NS. The van der Waals surface area contributed by atoms with Gasteiger partial charge in [-0.1, -0.05) is 24.3 Å². The lowest BCUT2D eigenvalue weighted by Crippen LogP contribution is -1.96. The normalized spacial score (nSPS) is 10.4. The summed E-state index contributed by atoms with van der Waals surface area (Å²) in [5.74, 6) is 0. The van der Waals surface area contributed by atoms with Crippen LogP contribution in [0.5, 0.6) is 0 Å². The first-order valence-electron chi connectivity index (χ1n) is 4.67. The van der Waals surface area contributed by atoms with Gasteiger partial charge >= 0.3 is 0 Å². The van der Waals surface area contributed by atoms with Crippen LogP contribution in [0.3, 0.4) is 0 Å². The van der Waals surface area contributed by atoms with E-state index in [2.05, 4.69) is 41.1 Å². The van der Waals surface area contributed by atoms with Crippen LogP contribution in [0, 0.1) is 0 Å². The van der Waals surface area contributed by atoms with E-state index in [0.717, 1.165) is 6.42 Å². The van der Waals surface area contributed by atoms with E-state index in [1.165, 1.54) is 16.7 Å². The summed E-state index contributed by atoms with van der Waals surface area (Å²) in [7, 11) is 0. The van der Waals surface area contributed by atoms with Gasteiger partial charge in [0.05, 0.1) is 0 Å². The molecule has 1 aromatic heterocycles. The Bertz CT molecular complexity index is 375. The third kappa shape index (κ3) is 2.22. The molecular weight excluding hydrogens is 190 g/mol. The zero-order valence-electron chi connectivity index (χ0n) is 7.94. The van der Waals surface area contributed by atoms with Gasteiger partial charge in [-0.2, -0.15) is 11.3 Å². The van der Waals surface area contributed by atoms with Gasteiger partial charge in [0.15, 0.2) is 0 Å².